The van der Waals surface area contributed by atoms with Gasteiger partial charge in [0.05, 0.1) is 16.5 Å². The highest BCUT2D eigenvalue weighted by molar-refractivity contribution is 6.33. The van der Waals surface area contributed by atoms with Gasteiger partial charge >= 0.3 is 5.97 Å². The summed E-state index contributed by atoms with van der Waals surface area (Å²) in [5, 5.41) is 10.2. The minimum Gasteiger partial charge on any atom is -0.481 e. The molecule has 1 unspecified atom stereocenters. The fourth-order valence-corrected chi connectivity index (χ4v) is 4.09. The topological polar surface area (TPSA) is 79.7 Å². The van der Waals surface area contributed by atoms with Crippen molar-refractivity contribution in [3.63, 3.8) is 0 Å². The Morgan fingerprint density at radius 3 is 2.74 bits per heavy atom. The molecule has 1 aromatic heterocycles. The second-order valence-electron chi connectivity index (χ2n) is 7.53. The molecule has 6 nitrogen and oxygen atoms in total. The first-order valence-corrected chi connectivity index (χ1v) is 10.2. The standard InChI is InChI=1S/C23H20ClFN2O4/c1-13(22(28)27-9-7-14(12-27)23(29)30)31-16-3-5-19-17(6-8-26-21(19)11-16)18-4-2-15(25)10-20(18)24/h2-6,8,10-11,13-14H,7,9,12H2,1H3,(H,29,30)/t13?,14-/m0/s1. The predicted molar refractivity (Wildman–Crippen MR) is 115 cm³/mol. The molecule has 0 saturated carbocycles. The lowest BCUT2D eigenvalue weighted by Gasteiger charge is -2.21. The van der Waals surface area contributed by atoms with Crippen molar-refractivity contribution in [2.45, 2.75) is 19.4 Å². The van der Waals surface area contributed by atoms with Crippen molar-refractivity contribution in [1.29, 1.82) is 0 Å². The summed E-state index contributed by atoms with van der Waals surface area (Å²) in [6, 6.07) is 11.3. The quantitative estimate of drug-likeness (QED) is 0.633. The normalized spacial score (nSPS) is 17.0. The van der Waals surface area contributed by atoms with Crippen molar-refractivity contribution >= 4 is 34.4 Å². The van der Waals surface area contributed by atoms with Gasteiger partial charge in [0.25, 0.3) is 5.91 Å². The smallest absolute Gasteiger partial charge is 0.308 e. The van der Waals surface area contributed by atoms with Crippen LogP contribution in [0.25, 0.3) is 22.0 Å². The van der Waals surface area contributed by atoms with E-state index in [2.05, 4.69) is 4.98 Å². The minimum atomic E-state index is -0.887. The van der Waals surface area contributed by atoms with Crippen LogP contribution >= 0.6 is 11.6 Å². The molecular weight excluding hydrogens is 423 g/mol. The Morgan fingerprint density at radius 2 is 2.03 bits per heavy atom. The number of benzene rings is 2. The van der Waals surface area contributed by atoms with Gasteiger partial charge in [-0.15, -0.1) is 0 Å². The van der Waals surface area contributed by atoms with E-state index in [0.29, 0.717) is 34.8 Å². The van der Waals surface area contributed by atoms with E-state index >= 15 is 0 Å². The summed E-state index contributed by atoms with van der Waals surface area (Å²) in [5.41, 5.74) is 2.14. The number of hydrogen-bond acceptors (Lipinski definition) is 4. The van der Waals surface area contributed by atoms with Crippen LogP contribution in [-0.4, -0.2) is 46.1 Å². The molecule has 4 rings (SSSR count). The number of nitrogens with zero attached hydrogens (tertiary/aromatic N) is 2. The van der Waals surface area contributed by atoms with Crippen molar-refractivity contribution in [3.05, 3.63) is 59.5 Å². The maximum atomic E-state index is 13.4. The third-order valence-corrected chi connectivity index (χ3v) is 5.76. The first-order chi connectivity index (χ1) is 14.8. The van der Waals surface area contributed by atoms with E-state index in [1.54, 1.807) is 37.4 Å². The number of ether oxygens (including phenoxy) is 1. The maximum Gasteiger partial charge on any atom is 0.308 e. The number of likely N-dealkylation sites (tertiary alicyclic amines) is 1. The summed E-state index contributed by atoms with van der Waals surface area (Å²) >= 11 is 6.23. The Hall–Kier alpha value is -3.19. The summed E-state index contributed by atoms with van der Waals surface area (Å²) in [5.74, 6) is -1.60. The van der Waals surface area contributed by atoms with Gasteiger partial charge in [-0.2, -0.15) is 0 Å². The highest BCUT2D eigenvalue weighted by Gasteiger charge is 2.33. The van der Waals surface area contributed by atoms with Crippen LogP contribution in [0.1, 0.15) is 13.3 Å². The van der Waals surface area contributed by atoms with Crippen molar-refractivity contribution in [2.75, 3.05) is 13.1 Å². The van der Waals surface area contributed by atoms with Crippen LogP contribution in [-0.2, 0) is 9.59 Å². The number of carbonyl (C=O) groups excluding carboxylic acids is 1. The maximum absolute atomic E-state index is 13.4. The number of carboxylic acid groups (broad SMARTS) is 1. The molecule has 1 N–H and O–H groups in total. The van der Waals surface area contributed by atoms with E-state index in [0.717, 1.165) is 10.9 Å². The Balaban J connectivity index is 1.55. The van der Waals surface area contributed by atoms with Crippen molar-refractivity contribution in [3.8, 4) is 16.9 Å². The van der Waals surface area contributed by atoms with Gasteiger partial charge in [0.1, 0.15) is 11.6 Å². The zero-order chi connectivity index (χ0) is 22.1. The second kappa shape index (κ2) is 8.51. The molecule has 0 bridgehead atoms. The van der Waals surface area contributed by atoms with Crippen molar-refractivity contribution in [1.82, 2.24) is 9.88 Å². The molecule has 0 radical (unpaired) electrons. The van der Waals surface area contributed by atoms with E-state index in [1.165, 1.54) is 17.0 Å². The Labute approximate surface area is 183 Å². The number of halogens is 2. The molecule has 2 aromatic carbocycles. The molecular formula is C23H20ClFN2O4. The second-order valence-corrected chi connectivity index (χ2v) is 7.94. The largest absolute Gasteiger partial charge is 0.481 e. The summed E-state index contributed by atoms with van der Waals surface area (Å²) in [7, 11) is 0. The van der Waals surface area contributed by atoms with Gasteiger partial charge < -0.3 is 14.7 Å². The lowest BCUT2D eigenvalue weighted by Crippen LogP contribution is -2.39. The van der Waals surface area contributed by atoms with Gasteiger partial charge in [0, 0.05) is 36.3 Å². The summed E-state index contributed by atoms with van der Waals surface area (Å²) in [4.78, 5) is 29.7. The third-order valence-electron chi connectivity index (χ3n) is 5.45. The number of aliphatic carboxylic acids is 1. The van der Waals surface area contributed by atoms with Gasteiger partial charge in [0.15, 0.2) is 6.10 Å². The number of carboxylic acids is 1. The Morgan fingerprint density at radius 1 is 1.23 bits per heavy atom. The molecule has 8 heteroatoms. The van der Waals surface area contributed by atoms with Gasteiger partial charge in [-0.25, -0.2) is 4.39 Å². The molecule has 1 aliphatic rings. The van der Waals surface area contributed by atoms with Crippen LogP contribution < -0.4 is 4.74 Å². The number of aromatic nitrogens is 1. The number of fused-ring (bicyclic) bond motifs is 1. The molecule has 3 aromatic rings. The van der Waals surface area contributed by atoms with Gasteiger partial charge in [0.2, 0.25) is 0 Å². The van der Waals surface area contributed by atoms with Crippen LogP contribution in [0.5, 0.6) is 5.75 Å². The van der Waals surface area contributed by atoms with Crippen LogP contribution in [0.3, 0.4) is 0 Å². The summed E-state index contributed by atoms with van der Waals surface area (Å²) < 4.78 is 19.2. The molecule has 1 fully saturated rings. The molecule has 0 spiro atoms. The first-order valence-electron chi connectivity index (χ1n) is 9.86. The van der Waals surface area contributed by atoms with Crippen molar-refractivity contribution < 1.29 is 23.8 Å². The highest BCUT2D eigenvalue weighted by Crippen LogP contribution is 2.34. The van der Waals surface area contributed by atoms with E-state index in [-0.39, 0.29) is 12.5 Å². The lowest BCUT2D eigenvalue weighted by atomic mass is 10.0. The Kier molecular flexibility index (Phi) is 5.78. The molecule has 2 atom stereocenters. The summed E-state index contributed by atoms with van der Waals surface area (Å²) in [6.07, 6.45) is 1.31. The monoisotopic (exact) mass is 442 g/mol. The third kappa shape index (κ3) is 4.32. The number of rotatable bonds is 5. The SMILES string of the molecule is CC(Oc1ccc2c(-c3ccc(F)cc3Cl)ccnc2c1)C(=O)N1CC[C@H](C(=O)O)C1. The number of carbonyl (C=O) groups is 2. The van der Waals surface area contributed by atoms with E-state index in [9.17, 15) is 14.0 Å². The fraction of sp³-hybridized carbons (Fsp3) is 0.261. The number of amides is 1. The van der Waals surface area contributed by atoms with E-state index < -0.39 is 23.8 Å². The molecule has 2 heterocycles. The number of hydrogen-bond donors (Lipinski definition) is 1. The van der Waals surface area contributed by atoms with Crippen LogP contribution in [0, 0.1) is 11.7 Å². The Bertz CT molecular complexity index is 1170. The predicted octanol–water partition coefficient (Wildman–Crippen LogP) is 4.39. The molecule has 1 saturated heterocycles. The fourth-order valence-electron chi connectivity index (χ4n) is 3.82. The molecule has 0 aliphatic carbocycles. The molecule has 1 amide bonds. The van der Waals surface area contributed by atoms with Crippen LogP contribution in [0.15, 0.2) is 48.7 Å². The molecule has 1 aliphatic heterocycles. The number of pyridine rings is 1. The zero-order valence-corrected chi connectivity index (χ0v) is 17.5. The highest BCUT2D eigenvalue weighted by atomic mass is 35.5. The van der Waals surface area contributed by atoms with Gasteiger partial charge in [-0.05, 0) is 55.3 Å². The van der Waals surface area contributed by atoms with Crippen LogP contribution in [0.4, 0.5) is 4.39 Å². The first kappa shape index (κ1) is 21.1. The van der Waals surface area contributed by atoms with E-state index in [4.69, 9.17) is 21.4 Å². The average Bonchev–Trinajstić information content (AvgIpc) is 3.23. The van der Waals surface area contributed by atoms with Crippen molar-refractivity contribution in [2.24, 2.45) is 5.92 Å². The molecule has 31 heavy (non-hydrogen) atoms. The van der Waals surface area contributed by atoms with Crippen LogP contribution in [0.2, 0.25) is 5.02 Å². The summed E-state index contributed by atoms with van der Waals surface area (Å²) in [6.45, 7) is 2.25. The van der Waals surface area contributed by atoms with Gasteiger partial charge in [-0.1, -0.05) is 11.6 Å². The minimum absolute atomic E-state index is 0.197. The zero-order valence-electron chi connectivity index (χ0n) is 16.7. The van der Waals surface area contributed by atoms with E-state index in [1.807, 2.05) is 6.07 Å². The van der Waals surface area contributed by atoms with Gasteiger partial charge in [-0.3, -0.25) is 14.6 Å². The lowest BCUT2D eigenvalue weighted by molar-refractivity contribution is -0.142. The molecule has 160 valence electrons. The average molecular weight is 443 g/mol.